The summed E-state index contributed by atoms with van der Waals surface area (Å²) in [4.78, 5) is 138. The highest BCUT2D eigenvalue weighted by Gasteiger charge is 2.54. The van der Waals surface area contributed by atoms with Crippen molar-refractivity contribution < 1.29 is 105 Å². The van der Waals surface area contributed by atoms with E-state index in [-0.39, 0.29) is 30.9 Å². The lowest BCUT2D eigenvalue weighted by atomic mass is 9.99. The Hall–Kier alpha value is -5.05. The Morgan fingerprint density at radius 2 is 0.846 bits per heavy atom. The summed E-state index contributed by atoms with van der Waals surface area (Å²) in [7, 11) is 0. The molecule has 0 spiro atoms. The molecule has 65 heavy (non-hydrogen) atoms. The molecular weight excluding hydrogens is 913 g/mol. The third-order valence-electron chi connectivity index (χ3n) is 8.91. The molecule has 2 aliphatic heterocycles. The number of hydrogen-bond acceptors (Lipinski definition) is 24. The number of aliphatic carboxylic acids is 1. The zero-order valence-electron chi connectivity index (χ0n) is 37.1. The number of hydrogen-bond donors (Lipinski definition) is 2. The van der Waals surface area contributed by atoms with Crippen LogP contribution < -0.4 is 5.73 Å². The molecule has 0 bridgehead atoms. The summed E-state index contributed by atoms with van der Waals surface area (Å²) in [5.74, 6) is -10.5. The van der Waals surface area contributed by atoms with Gasteiger partial charge in [-0.05, 0) is 19.4 Å². The lowest BCUT2D eigenvalue weighted by Crippen LogP contribution is -2.61. The molecule has 2 rings (SSSR count). The van der Waals surface area contributed by atoms with Crippen LogP contribution in [0.15, 0.2) is 0 Å². The number of carboxylic acids is 1. The number of nitrogens with two attached hydrogens (primary N) is 1. The molecule has 2 amide bonds. The number of rotatable bonds is 23. The minimum atomic E-state index is -1.69. The molecule has 11 atom stereocenters. The van der Waals surface area contributed by atoms with E-state index < -0.39 is 157 Å². The minimum Gasteiger partial charge on any atom is -0.480 e. The van der Waals surface area contributed by atoms with Gasteiger partial charge in [-0.2, -0.15) is 0 Å². The van der Waals surface area contributed by atoms with Gasteiger partial charge in [0.25, 0.3) is 0 Å². The normalized spacial score (nSPS) is 25.3. The summed E-state index contributed by atoms with van der Waals surface area (Å²) < 4.78 is 54.8. The van der Waals surface area contributed by atoms with Crippen LogP contribution in [0.2, 0.25) is 0 Å². The summed E-state index contributed by atoms with van der Waals surface area (Å²) in [5.41, 5.74) is 3.08. The molecule has 2 heterocycles. The summed E-state index contributed by atoms with van der Waals surface area (Å²) in [5, 5.41) is 10.2. The van der Waals surface area contributed by atoms with Crippen LogP contribution in [0.25, 0.3) is 0 Å². The first kappa shape index (κ1) is 56.1. The van der Waals surface area contributed by atoms with Gasteiger partial charge in [0.15, 0.2) is 36.6 Å². The third-order valence-corrected chi connectivity index (χ3v) is 11.2. The first-order chi connectivity index (χ1) is 30.5. The smallest absolute Gasteiger partial charge is 0.326 e. The van der Waals surface area contributed by atoms with Gasteiger partial charge < -0.3 is 58.2 Å². The molecule has 0 aromatic heterocycles. The van der Waals surface area contributed by atoms with Crippen molar-refractivity contribution in [3.63, 3.8) is 0 Å². The molecule has 0 radical (unpaired) electrons. The van der Waals surface area contributed by atoms with Crippen molar-refractivity contribution in [2.24, 2.45) is 5.73 Å². The zero-order chi connectivity index (χ0) is 49.1. The van der Waals surface area contributed by atoms with E-state index in [1.807, 2.05) is 0 Å². The highest BCUT2D eigenvalue weighted by Crippen LogP contribution is 2.36. The van der Waals surface area contributed by atoms with E-state index in [1.165, 1.54) is 0 Å². The van der Waals surface area contributed by atoms with E-state index in [2.05, 4.69) is 0 Å². The molecule has 3 N–H and O–H groups in total. The average molecular weight is 969 g/mol. The fourth-order valence-electron chi connectivity index (χ4n) is 6.57. The van der Waals surface area contributed by atoms with Gasteiger partial charge in [-0.3, -0.25) is 52.8 Å². The molecule has 26 heteroatoms. The second-order valence-electron chi connectivity index (χ2n) is 14.3. The number of imide groups is 1. The van der Waals surface area contributed by atoms with Crippen LogP contribution in [0.4, 0.5) is 0 Å². The Kier molecular flexibility index (Phi) is 23.7. The standard InChI is InChI=1S/C39H56N2O22S2/c1-18(42)54-16-27-31(56-20(3)44)33(58-22(5)46)35(60-24(7)48)38(62-27)64-14-11-29(50)41(26(37(52)53)10-9-13-40)30(51)12-15-65-39-36(61-25(8)49)34(59-23(6)47)32(57-21(4)45)28(63-39)17-55-19(2)43/h26-28,31-36,38-39H,9-17,40H2,1-8H3,(H,52,53)/t26-,27+,28+,31+,32+,33-,34-,35-,36-,38+,39+/m0/s1. The van der Waals surface area contributed by atoms with E-state index in [0.29, 0.717) is 4.90 Å². The molecule has 0 unspecified atom stereocenters. The molecule has 24 nitrogen and oxygen atoms in total. The SMILES string of the molecule is CC(=O)OC[C@H]1O[C@H](SCCC(=O)N(C(=O)CCS[C@H]2O[C@H](COC(C)=O)[C@@H](OC(C)=O)[C@H](OC(C)=O)[C@@H]2OC(C)=O)[C@@H](CCCN)C(=O)O)[C@@H](OC(C)=O)[C@@H](OC(C)=O)[C@@H]1OC(C)=O. The highest BCUT2D eigenvalue weighted by molar-refractivity contribution is 8.00. The highest BCUT2D eigenvalue weighted by atomic mass is 32.2. The van der Waals surface area contributed by atoms with Crippen LogP contribution in [0.1, 0.15) is 81.1 Å². The van der Waals surface area contributed by atoms with Gasteiger partial charge in [0.1, 0.15) is 42.3 Å². The number of carbonyl (C=O) groups excluding carboxylic acids is 10. The summed E-state index contributed by atoms with van der Waals surface area (Å²) in [6.07, 6.45) is -12.5. The van der Waals surface area contributed by atoms with Crippen molar-refractivity contribution in [2.45, 2.75) is 147 Å². The topological polar surface area (TPSA) is 330 Å². The average Bonchev–Trinajstić information content (AvgIpc) is 3.17. The number of nitrogens with zero attached hydrogens (tertiary/aromatic N) is 1. The third kappa shape index (κ3) is 18.8. The van der Waals surface area contributed by atoms with Crippen LogP contribution in [0.3, 0.4) is 0 Å². The second-order valence-corrected chi connectivity index (χ2v) is 16.7. The Balaban J connectivity index is 2.44. The largest absolute Gasteiger partial charge is 0.480 e. The molecule has 0 aliphatic carbocycles. The maximum absolute atomic E-state index is 14.0. The molecule has 366 valence electrons. The number of ether oxygens (including phenoxy) is 10. The van der Waals surface area contributed by atoms with E-state index in [1.54, 1.807) is 0 Å². The van der Waals surface area contributed by atoms with E-state index in [0.717, 1.165) is 78.9 Å². The van der Waals surface area contributed by atoms with Crippen molar-refractivity contribution in [3.05, 3.63) is 0 Å². The quantitative estimate of drug-likeness (QED) is 0.100. The Morgan fingerprint density at radius 3 is 1.14 bits per heavy atom. The minimum absolute atomic E-state index is 0.0114. The maximum atomic E-state index is 14.0. The zero-order valence-corrected chi connectivity index (χ0v) is 38.7. The molecule has 0 saturated carbocycles. The molecule has 2 aliphatic rings. The Labute approximate surface area is 382 Å². The van der Waals surface area contributed by atoms with E-state index >= 15 is 0 Å². The Morgan fingerprint density at radius 1 is 0.523 bits per heavy atom. The van der Waals surface area contributed by atoms with Crippen LogP contribution in [-0.2, 0) is 100 Å². The fourth-order valence-corrected chi connectivity index (χ4v) is 8.86. The summed E-state index contributed by atoms with van der Waals surface area (Å²) in [6.45, 7) is 7.51. The first-order valence-corrected chi connectivity index (χ1v) is 22.2. The first-order valence-electron chi connectivity index (χ1n) is 20.1. The van der Waals surface area contributed by atoms with Gasteiger partial charge in [-0.1, -0.05) is 0 Å². The van der Waals surface area contributed by atoms with Gasteiger partial charge in [0, 0.05) is 79.7 Å². The van der Waals surface area contributed by atoms with Gasteiger partial charge >= 0.3 is 53.7 Å². The van der Waals surface area contributed by atoms with Crippen LogP contribution in [0, 0.1) is 0 Å². The van der Waals surface area contributed by atoms with Crippen molar-refractivity contribution in [1.29, 1.82) is 0 Å². The molecule has 0 aromatic rings. The van der Waals surface area contributed by atoms with Crippen molar-refractivity contribution in [1.82, 2.24) is 4.90 Å². The van der Waals surface area contributed by atoms with Crippen LogP contribution in [-0.4, -0.2) is 173 Å². The van der Waals surface area contributed by atoms with Gasteiger partial charge in [0.2, 0.25) is 11.8 Å². The lowest BCUT2D eigenvalue weighted by Gasteiger charge is -2.44. The van der Waals surface area contributed by atoms with Crippen molar-refractivity contribution in [2.75, 3.05) is 31.3 Å². The summed E-state index contributed by atoms with van der Waals surface area (Å²) in [6, 6.07) is -1.69. The number of esters is 8. The number of carboxylic acid groups (broad SMARTS) is 1. The predicted molar refractivity (Wildman–Crippen MR) is 220 cm³/mol. The van der Waals surface area contributed by atoms with E-state index in [9.17, 15) is 57.8 Å². The number of thioether (sulfide) groups is 2. The van der Waals surface area contributed by atoms with Crippen LogP contribution >= 0.6 is 23.5 Å². The monoisotopic (exact) mass is 968 g/mol. The van der Waals surface area contributed by atoms with E-state index in [4.69, 9.17) is 53.1 Å². The van der Waals surface area contributed by atoms with Gasteiger partial charge in [0.05, 0.1) is 0 Å². The maximum Gasteiger partial charge on any atom is 0.326 e. The number of carbonyl (C=O) groups is 11. The molecule has 0 aromatic carbocycles. The predicted octanol–water partition coefficient (Wildman–Crippen LogP) is -0.0535. The lowest BCUT2D eigenvalue weighted by molar-refractivity contribution is -0.237. The van der Waals surface area contributed by atoms with Gasteiger partial charge in [-0.15, -0.1) is 23.5 Å². The van der Waals surface area contributed by atoms with Crippen LogP contribution in [0.5, 0.6) is 0 Å². The van der Waals surface area contributed by atoms with Crippen molar-refractivity contribution >= 4 is 89.1 Å². The molecule has 2 saturated heterocycles. The molecule has 2 fully saturated rings. The fraction of sp³-hybridized carbons (Fsp3) is 0.718. The van der Waals surface area contributed by atoms with Gasteiger partial charge in [-0.25, -0.2) is 4.79 Å². The molecular formula is C39H56N2O22S2. The Bertz CT molecular complexity index is 1640. The number of amides is 2. The summed E-state index contributed by atoms with van der Waals surface area (Å²) >= 11 is 1.66. The van der Waals surface area contributed by atoms with Crippen molar-refractivity contribution in [3.8, 4) is 0 Å². The second kappa shape index (κ2) is 27.4.